The van der Waals surface area contributed by atoms with Crippen molar-refractivity contribution in [2.45, 2.75) is 235 Å². The molecule has 0 aromatic rings. The molecule has 0 aliphatic carbocycles. The topological polar surface area (TPSA) is 89.9 Å². The van der Waals surface area contributed by atoms with Crippen LogP contribution in [0.3, 0.4) is 0 Å². The van der Waals surface area contributed by atoms with Crippen molar-refractivity contribution in [1.29, 1.82) is 0 Å². The Kier molecular flexibility index (Phi) is 34.8. The average Bonchev–Trinajstić information content (AvgIpc) is 3.03. The SMILES string of the molecule is CC(C)CCCCCCCCCCCCCCC(=O)C(C)(C(=O)CCCCCCCCCCCCCCC(C)C)C(C)(C)C.O=[Si](O)OO[SiH3]. The van der Waals surface area contributed by atoms with Crippen molar-refractivity contribution in [2.24, 2.45) is 22.7 Å². The number of hydrogen-bond donors (Lipinski definition) is 1. The largest absolute Gasteiger partial charge is 0.797 e. The highest BCUT2D eigenvalue weighted by Crippen LogP contribution is 2.42. The van der Waals surface area contributed by atoms with Gasteiger partial charge >= 0.3 is 9.17 Å². The smallest absolute Gasteiger partial charge is 0.510 e. The Morgan fingerprint density at radius 1 is 0.520 bits per heavy atom. The first-order valence-electron chi connectivity index (χ1n) is 21.2. The fourth-order valence-corrected chi connectivity index (χ4v) is 7.35. The number of hydrogen-bond acceptors (Lipinski definition) is 5. The molecule has 50 heavy (non-hydrogen) atoms. The van der Waals surface area contributed by atoms with Crippen molar-refractivity contribution in [3.8, 4) is 0 Å². The third-order valence-electron chi connectivity index (χ3n) is 10.6. The van der Waals surface area contributed by atoms with Crippen LogP contribution >= 0.6 is 0 Å². The summed E-state index contributed by atoms with van der Waals surface area (Å²) in [7, 11) is -2.49. The minimum atomic E-state index is -2.82. The van der Waals surface area contributed by atoms with E-state index in [1.807, 2.05) is 6.92 Å². The van der Waals surface area contributed by atoms with E-state index in [4.69, 9.17) is 4.80 Å². The lowest BCUT2D eigenvalue weighted by Gasteiger charge is -2.39. The predicted octanol–water partition coefficient (Wildman–Crippen LogP) is 12.0. The Morgan fingerprint density at radius 3 is 0.940 bits per heavy atom. The predicted molar refractivity (Wildman–Crippen MR) is 217 cm³/mol. The first-order chi connectivity index (χ1) is 23.7. The average molecular weight is 743 g/mol. The molecule has 0 spiro atoms. The molecule has 0 heterocycles. The van der Waals surface area contributed by atoms with Crippen LogP contribution in [0.15, 0.2) is 0 Å². The van der Waals surface area contributed by atoms with Crippen LogP contribution in [0, 0.1) is 22.7 Å². The molecule has 0 unspecified atom stereocenters. The van der Waals surface area contributed by atoms with E-state index < -0.39 is 14.6 Å². The summed E-state index contributed by atoms with van der Waals surface area (Å²) >= 11 is 0. The van der Waals surface area contributed by atoms with Crippen LogP contribution in [-0.4, -0.2) is 36.0 Å². The highest BCUT2D eigenvalue weighted by atomic mass is 28.3. The van der Waals surface area contributed by atoms with Crippen LogP contribution in [-0.2, 0) is 23.2 Å². The van der Waals surface area contributed by atoms with Crippen molar-refractivity contribution in [2.75, 3.05) is 0 Å². The molecule has 0 fully saturated rings. The van der Waals surface area contributed by atoms with Gasteiger partial charge in [0.1, 0.15) is 11.6 Å². The summed E-state index contributed by atoms with van der Waals surface area (Å²) in [5.74, 6) is 2.07. The van der Waals surface area contributed by atoms with E-state index in [1.54, 1.807) is 0 Å². The van der Waals surface area contributed by atoms with E-state index in [2.05, 4.69) is 57.6 Å². The second-order valence-corrected chi connectivity index (χ2v) is 18.1. The van der Waals surface area contributed by atoms with Crippen LogP contribution in [0.2, 0.25) is 0 Å². The quantitative estimate of drug-likeness (QED) is 0.0232. The van der Waals surface area contributed by atoms with Gasteiger partial charge in [-0.15, -0.1) is 0 Å². The Bertz CT molecular complexity index is 761. The monoisotopic (exact) mass is 743 g/mol. The molecule has 0 aromatic heterocycles. The van der Waals surface area contributed by atoms with Crippen molar-refractivity contribution in [1.82, 2.24) is 0 Å². The van der Waals surface area contributed by atoms with Crippen molar-refractivity contribution >= 4 is 31.2 Å². The molecule has 0 bridgehead atoms. The van der Waals surface area contributed by atoms with E-state index in [9.17, 15) is 14.1 Å². The fraction of sp³-hybridized carbons (Fsp3) is 0.952. The third kappa shape index (κ3) is 30.7. The standard InChI is InChI=1S/C42H82O2.H4O4Si2/c1-37(2)33-29-25-21-17-13-9-11-15-19-23-27-31-35-39(43)42(8,41(5,6)7)40(44)36-32-28-24-20-16-12-10-14-18-22-26-30-34-38(3)4;1-6(2)4-3-5/h37-38H,9-36H2,1-8H3;1H,5H3. The minimum absolute atomic E-state index is 0.184. The lowest BCUT2D eigenvalue weighted by Crippen LogP contribution is -2.47. The highest BCUT2D eigenvalue weighted by Gasteiger charge is 2.48. The van der Waals surface area contributed by atoms with Crippen molar-refractivity contribution in [3.05, 3.63) is 0 Å². The maximum Gasteiger partial charge on any atom is 0.797 e. The van der Waals surface area contributed by atoms with Gasteiger partial charge in [-0.2, -0.15) is 0 Å². The molecule has 298 valence electrons. The Labute approximate surface area is 316 Å². The van der Waals surface area contributed by atoms with E-state index in [0.29, 0.717) is 23.3 Å². The number of rotatable bonds is 34. The molecule has 0 aliphatic rings. The summed E-state index contributed by atoms with van der Waals surface area (Å²) < 4.78 is 17.1. The van der Waals surface area contributed by atoms with Gasteiger partial charge < -0.3 is 9.37 Å². The summed E-state index contributed by atoms with van der Waals surface area (Å²) in [6, 6.07) is 0. The first kappa shape index (κ1) is 51.2. The first-order valence-corrected chi connectivity index (χ1v) is 23.3. The zero-order valence-electron chi connectivity index (χ0n) is 34.9. The molecular weight excluding hydrogens is 657 g/mol. The Morgan fingerprint density at radius 2 is 0.760 bits per heavy atom. The minimum Gasteiger partial charge on any atom is -0.510 e. The van der Waals surface area contributed by atoms with Gasteiger partial charge in [0.2, 0.25) is 10.5 Å². The van der Waals surface area contributed by atoms with Gasteiger partial charge in [-0.25, -0.2) is 0 Å². The van der Waals surface area contributed by atoms with E-state index in [0.717, 1.165) is 37.5 Å². The Hall–Kier alpha value is -0.866. The molecule has 0 radical (unpaired) electrons. The van der Waals surface area contributed by atoms with Gasteiger partial charge in [-0.1, -0.05) is 203 Å². The number of carbonyl (C=O) groups is 2. The lowest BCUT2D eigenvalue weighted by atomic mass is 9.61. The van der Waals surface area contributed by atoms with Crippen molar-refractivity contribution < 1.29 is 28.0 Å². The summed E-state index contributed by atoms with van der Waals surface area (Å²) in [6.07, 6.45) is 35.3. The second kappa shape index (κ2) is 33.9. The third-order valence-corrected chi connectivity index (χ3v) is 11.4. The Balaban J connectivity index is 0. The number of Topliss-reactive ketones (excluding diaryl/α,β-unsaturated/α-hetero) is 2. The van der Waals surface area contributed by atoms with E-state index in [-0.39, 0.29) is 17.0 Å². The van der Waals surface area contributed by atoms with Crippen LogP contribution in [0.4, 0.5) is 0 Å². The molecule has 0 atom stereocenters. The number of ketones is 2. The van der Waals surface area contributed by atoms with E-state index in [1.165, 1.54) is 141 Å². The van der Waals surface area contributed by atoms with Gasteiger partial charge in [0, 0.05) is 12.8 Å². The summed E-state index contributed by atoms with van der Waals surface area (Å²) in [4.78, 5) is 34.6. The highest BCUT2D eigenvalue weighted by molar-refractivity contribution is 6.24. The van der Waals surface area contributed by atoms with Crippen LogP contribution in [0.5, 0.6) is 0 Å². The van der Waals surface area contributed by atoms with Gasteiger partial charge in [0.15, 0.2) is 0 Å². The zero-order chi connectivity index (χ0) is 38.1. The summed E-state index contributed by atoms with van der Waals surface area (Å²) in [5.41, 5.74) is -1.18. The molecule has 1 N–H and O–H groups in total. The van der Waals surface area contributed by atoms with Crippen molar-refractivity contribution in [3.63, 3.8) is 0 Å². The number of unbranched alkanes of at least 4 members (excludes halogenated alkanes) is 22. The van der Waals surface area contributed by atoms with E-state index >= 15 is 0 Å². The molecule has 0 aromatic carbocycles. The summed E-state index contributed by atoms with van der Waals surface area (Å²) in [5, 5.41) is 0. The maximum absolute atomic E-state index is 13.4. The molecular formula is C42H86O6Si2. The molecule has 6 nitrogen and oxygen atoms in total. The number of carbonyl (C=O) groups excluding carboxylic acids is 2. The van der Waals surface area contributed by atoms with Gasteiger partial charge in [0.25, 0.3) is 0 Å². The molecule has 0 saturated carbocycles. The lowest BCUT2D eigenvalue weighted by molar-refractivity contribution is -0.147. The molecule has 0 saturated heterocycles. The molecule has 0 aliphatic heterocycles. The molecule has 0 amide bonds. The van der Waals surface area contributed by atoms with Gasteiger partial charge in [0.05, 0.1) is 5.41 Å². The maximum atomic E-state index is 13.4. The fourth-order valence-electron chi connectivity index (χ4n) is 6.78. The van der Waals surface area contributed by atoms with Crippen LogP contribution < -0.4 is 0 Å². The van der Waals surface area contributed by atoms with Gasteiger partial charge in [-0.05, 0) is 37.0 Å². The zero-order valence-corrected chi connectivity index (χ0v) is 37.9. The second-order valence-electron chi connectivity index (χ2n) is 17.1. The van der Waals surface area contributed by atoms with Crippen LogP contribution in [0.25, 0.3) is 0 Å². The molecule has 0 rings (SSSR count). The summed E-state index contributed by atoms with van der Waals surface area (Å²) in [6.45, 7) is 17.5. The van der Waals surface area contributed by atoms with Gasteiger partial charge in [-0.3, -0.25) is 18.6 Å². The normalized spacial score (nSPS) is 12.0. The molecule has 8 heteroatoms. The van der Waals surface area contributed by atoms with Crippen LogP contribution in [0.1, 0.15) is 235 Å².